The molecule has 2 amide bonds. The zero-order chi connectivity index (χ0) is 18.4. The monoisotopic (exact) mass is 382 g/mol. The van der Waals surface area contributed by atoms with E-state index in [1.807, 2.05) is 0 Å². The van der Waals surface area contributed by atoms with Gasteiger partial charge in [0, 0.05) is 6.54 Å². The number of hydrogen-bond donors (Lipinski definition) is 2. The highest BCUT2D eigenvalue weighted by atomic mass is 35.5. The van der Waals surface area contributed by atoms with E-state index in [4.69, 9.17) is 28.9 Å². The Hall–Kier alpha value is -2.11. The molecule has 7 heteroatoms. The molecule has 2 rings (SSSR count). The maximum Gasteiger partial charge on any atom is 0.224 e. The van der Waals surface area contributed by atoms with Gasteiger partial charge in [-0.1, -0.05) is 41.4 Å². The lowest BCUT2D eigenvalue weighted by molar-refractivity contribution is -0.123. The van der Waals surface area contributed by atoms with Gasteiger partial charge in [0.1, 0.15) is 5.82 Å². The molecular weight excluding hydrogens is 366 g/mol. The van der Waals surface area contributed by atoms with E-state index < -0.39 is 11.8 Å². The molecule has 0 saturated heterocycles. The van der Waals surface area contributed by atoms with Crippen molar-refractivity contribution >= 4 is 35.0 Å². The molecule has 25 heavy (non-hydrogen) atoms. The Bertz CT molecular complexity index is 766. The van der Waals surface area contributed by atoms with Gasteiger partial charge in [-0.15, -0.1) is 0 Å². The fourth-order valence-corrected chi connectivity index (χ4v) is 2.63. The molecule has 0 heterocycles. The van der Waals surface area contributed by atoms with Crippen LogP contribution in [0.15, 0.2) is 42.5 Å². The second-order valence-electron chi connectivity index (χ2n) is 5.66. The van der Waals surface area contributed by atoms with E-state index in [1.165, 1.54) is 12.1 Å². The topological polar surface area (TPSA) is 72.2 Å². The van der Waals surface area contributed by atoms with Crippen molar-refractivity contribution in [3.8, 4) is 0 Å². The van der Waals surface area contributed by atoms with Crippen LogP contribution >= 0.6 is 23.2 Å². The first-order chi connectivity index (χ1) is 11.8. The van der Waals surface area contributed by atoms with E-state index in [9.17, 15) is 14.0 Å². The normalized spacial score (nSPS) is 11.8. The molecule has 0 spiro atoms. The summed E-state index contributed by atoms with van der Waals surface area (Å²) in [5, 5.41) is 3.48. The van der Waals surface area contributed by atoms with Crippen molar-refractivity contribution in [2.45, 2.75) is 12.8 Å². The van der Waals surface area contributed by atoms with Gasteiger partial charge in [-0.05, 0) is 41.8 Å². The van der Waals surface area contributed by atoms with Crippen LogP contribution in [0.3, 0.4) is 0 Å². The van der Waals surface area contributed by atoms with Crippen molar-refractivity contribution in [1.82, 2.24) is 5.32 Å². The summed E-state index contributed by atoms with van der Waals surface area (Å²) in [4.78, 5) is 23.6. The third-order valence-electron chi connectivity index (χ3n) is 3.69. The average molecular weight is 383 g/mol. The van der Waals surface area contributed by atoms with Crippen LogP contribution in [0.5, 0.6) is 0 Å². The maximum atomic E-state index is 12.9. The van der Waals surface area contributed by atoms with Gasteiger partial charge >= 0.3 is 0 Å². The zero-order valence-corrected chi connectivity index (χ0v) is 14.8. The van der Waals surface area contributed by atoms with Gasteiger partial charge in [-0.25, -0.2) is 4.39 Å². The summed E-state index contributed by atoms with van der Waals surface area (Å²) in [6, 6.07) is 10.7. The minimum absolute atomic E-state index is 0.104. The highest BCUT2D eigenvalue weighted by Gasteiger charge is 2.17. The van der Waals surface area contributed by atoms with E-state index in [0.29, 0.717) is 22.0 Å². The maximum absolute atomic E-state index is 12.9. The lowest BCUT2D eigenvalue weighted by atomic mass is 9.98. The van der Waals surface area contributed by atoms with Crippen molar-refractivity contribution in [3.05, 3.63) is 69.5 Å². The predicted octanol–water partition coefficient (Wildman–Crippen LogP) is 3.14. The van der Waals surface area contributed by atoms with E-state index in [-0.39, 0.29) is 24.7 Å². The number of nitrogens with one attached hydrogen (secondary N) is 1. The van der Waals surface area contributed by atoms with E-state index >= 15 is 0 Å². The van der Waals surface area contributed by atoms with Crippen LogP contribution in [0.25, 0.3) is 0 Å². The van der Waals surface area contributed by atoms with E-state index in [1.54, 1.807) is 30.3 Å². The first kappa shape index (κ1) is 19.2. The summed E-state index contributed by atoms with van der Waals surface area (Å²) in [5.74, 6) is -1.72. The Morgan fingerprint density at radius 2 is 1.68 bits per heavy atom. The highest BCUT2D eigenvalue weighted by molar-refractivity contribution is 6.42. The summed E-state index contributed by atoms with van der Waals surface area (Å²) in [6.07, 6.45) is 0.432. The molecule has 0 aliphatic carbocycles. The molecule has 2 aromatic rings. The minimum atomic E-state index is -0.580. The summed E-state index contributed by atoms with van der Waals surface area (Å²) >= 11 is 11.8. The van der Waals surface area contributed by atoms with Crippen LogP contribution in [0.2, 0.25) is 10.0 Å². The molecule has 0 aromatic heterocycles. The molecular formula is C18H17Cl2FN2O2. The van der Waals surface area contributed by atoms with Gasteiger partial charge in [0.25, 0.3) is 0 Å². The van der Waals surface area contributed by atoms with Crippen molar-refractivity contribution in [3.63, 3.8) is 0 Å². The molecule has 0 saturated carbocycles. The number of carbonyl (C=O) groups excluding carboxylic acids is 2. The Morgan fingerprint density at radius 1 is 1.04 bits per heavy atom. The molecule has 0 aliphatic rings. The van der Waals surface area contributed by atoms with Crippen molar-refractivity contribution in [1.29, 1.82) is 0 Å². The first-order valence-electron chi connectivity index (χ1n) is 7.59. The number of halogens is 3. The second kappa shape index (κ2) is 8.83. The number of nitrogens with two attached hydrogens (primary N) is 1. The summed E-state index contributed by atoms with van der Waals surface area (Å²) < 4.78 is 12.9. The molecule has 132 valence electrons. The highest BCUT2D eigenvalue weighted by Crippen LogP contribution is 2.22. The summed E-state index contributed by atoms with van der Waals surface area (Å²) in [7, 11) is 0. The average Bonchev–Trinajstić information content (AvgIpc) is 2.56. The van der Waals surface area contributed by atoms with Crippen LogP contribution in [-0.4, -0.2) is 18.4 Å². The number of amides is 2. The quantitative estimate of drug-likeness (QED) is 0.771. The Kier molecular flexibility index (Phi) is 6.79. The molecule has 0 aliphatic heterocycles. The van der Waals surface area contributed by atoms with Crippen molar-refractivity contribution in [2.24, 2.45) is 11.7 Å². The second-order valence-corrected chi connectivity index (χ2v) is 6.47. The molecule has 1 atom stereocenters. The fraction of sp³-hybridized carbons (Fsp3) is 0.222. The Morgan fingerprint density at radius 3 is 2.28 bits per heavy atom. The molecule has 0 fully saturated rings. The predicted molar refractivity (Wildman–Crippen MR) is 96.0 cm³/mol. The van der Waals surface area contributed by atoms with Gasteiger partial charge in [0.05, 0.1) is 22.4 Å². The molecule has 0 bridgehead atoms. The van der Waals surface area contributed by atoms with Gasteiger partial charge in [0.15, 0.2) is 0 Å². The number of benzene rings is 2. The van der Waals surface area contributed by atoms with Gasteiger partial charge in [-0.3, -0.25) is 9.59 Å². The van der Waals surface area contributed by atoms with Crippen molar-refractivity contribution in [2.75, 3.05) is 6.54 Å². The first-order valence-corrected chi connectivity index (χ1v) is 8.35. The third kappa shape index (κ3) is 6.03. The fourth-order valence-electron chi connectivity index (χ4n) is 2.31. The SMILES string of the molecule is NC(=O)C(CNC(=O)Cc1ccc(Cl)c(Cl)c1)Cc1ccc(F)cc1. The van der Waals surface area contributed by atoms with Crippen LogP contribution < -0.4 is 11.1 Å². The van der Waals surface area contributed by atoms with E-state index in [2.05, 4.69) is 5.32 Å². The van der Waals surface area contributed by atoms with Gasteiger partial charge in [-0.2, -0.15) is 0 Å². The van der Waals surface area contributed by atoms with Gasteiger partial charge < -0.3 is 11.1 Å². The minimum Gasteiger partial charge on any atom is -0.369 e. The molecule has 3 N–H and O–H groups in total. The Balaban J connectivity index is 1.91. The largest absolute Gasteiger partial charge is 0.369 e. The molecule has 1 unspecified atom stereocenters. The standard InChI is InChI=1S/C18H17Cl2FN2O2/c19-15-6-3-12(8-16(15)20)9-17(24)23-10-13(18(22)25)7-11-1-4-14(21)5-2-11/h1-6,8,13H,7,9-10H2,(H2,22,25)(H,23,24). The summed E-state index contributed by atoms with van der Waals surface area (Å²) in [5.41, 5.74) is 6.87. The third-order valence-corrected chi connectivity index (χ3v) is 4.43. The zero-order valence-electron chi connectivity index (χ0n) is 13.3. The number of hydrogen-bond acceptors (Lipinski definition) is 2. The van der Waals surface area contributed by atoms with E-state index in [0.717, 1.165) is 5.56 Å². The van der Waals surface area contributed by atoms with Crippen LogP contribution in [0.1, 0.15) is 11.1 Å². The number of primary amides is 1. The van der Waals surface area contributed by atoms with Crippen LogP contribution in [0, 0.1) is 11.7 Å². The van der Waals surface area contributed by atoms with Gasteiger partial charge in [0.2, 0.25) is 11.8 Å². The lowest BCUT2D eigenvalue weighted by Crippen LogP contribution is -2.37. The Labute approximate surface area is 155 Å². The number of rotatable bonds is 7. The summed E-state index contributed by atoms with van der Waals surface area (Å²) in [6.45, 7) is 0.104. The molecule has 0 radical (unpaired) electrons. The van der Waals surface area contributed by atoms with Crippen molar-refractivity contribution < 1.29 is 14.0 Å². The van der Waals surface area contributed by atoms with Crippen LogP contribution in [-0.2, 0) is 22.4 Å². The van der Waals surface area contributed by atoms with Crippen LogP contribution in [0.4, 0.5) is 4.39 Å². The molecule has 4 nitrogen and oxygen atoms in total. The lowest BCUT2D eigenvalue weighted by Gasteiger charge is -2.14. The smallest absolute Gasteiger partial charge is 0.224 e. The number of carbonyl (C=O) groups is 2. The molecule has 2 aromatic carbocycles.